The summed E-state index contributed by atoms with van der Waals surface area (Å²) in [6, 6.07) is 22.7. The van der Waals surface area contributed by atoms with E-state index in [1.54, 1.807) is 24.3 Å². The van der Waals surface area contributed by atoms with Crippen LogP contribution in [0.5, 0.6) is 0 Å². The van der Waals surface area contributed by atoms with E-state index in [1.807, 2.05) is 59.3 Å². The average molecular weight is 417 g/mol. The molecule has 0 unspecified atom stereocenters. The van der Waals surface area contributed by atoms with Crippen molar-refractivity contribution in [2.24, 2.45) is 4.99 Å². The summed E-state index contributed by atoms with van der Waals surface area (Å²) in [7, 11) is 0. The Kier molecular flexibility index (Phi) is 5.81. The number of fused-ring (bicyclic) bond motifs is 1. The van der Waals surface area contributed by atoms with Crippen LogP contribution in [0.3, 0.4) is 0 Å². The van der Waals surface area contributed by atoms with Gasteiger partial charge in [0.1, 0.15) is 5.49 Å². The standard InChI is InChI=1S/C23H20N4O2S/c28-21(13-15-27-22(29)18-10-4-5-11-19(18)24-23(27)30)25-20-12-6-7-14-26(20)16-17-8-2-1-3-9-17/h1-12,14H,13,15-16H2,(H,24,30). The molecule has 0 bridgehead atoms. The fourth-order valence-corrected chi connectivity index (χ4v) is 3.56. The number of aromatic nitrogens is 3. The van der Waals surface area contributed by atoms with Crippen LogP contribution in [0.2, 0.25) is 0 Å². The normalized spacial score (nSPS) is 11.7. The number of H-pyrrole nitrogens is 1. The number of amides is 1. The van der Waals surface area contributed by atoms with Crippen LogP contribution in [-0.4, -0.2) is 20.0 Å². The van der Waals surface area contributed by atoms with E-state index in [2.05, 4.69) is 9.98 Å². The highest BCUT2D eigenvalue weighted by atomic mass is 32.1. The third kappa shape index (κ3) is 4.36. The molecule has 4 aromatic rings. The average Bonchev–Trinajstić information content (AvgIpc) is 2.76. The molecule has 0 spiro atoms. The summed E-state index contributed by atoms with van der Waals surface area (Å²) < 4.78 is 3.63. The van der Waals surface area contributed by atoms with Gasteiger partial charge in [0.15, 0.2) is 4.77 Å². The molecule has 6 nitrogen and oxygen atoms in total. The number of nitrogens with zero attached hydrogens (tertiary/aromatic N) is 3. The zero-order valence-corrected chi connectivity index (χ0v) is 17.0. The summed E-state index contributed by atoms with van der Waals surface area (Å²) in [4.78, 5) is 32.5. The van der Waals surface area contributed by atoms with Crippen molar-refractivity contribution in [3.8, 4) is 0 Å². The molecule has 150 valence electrons. The van der Waals surface area contributed by atoms with Crippen molar-refractivity contribution < 1.29 is 4.79 Å². The van der Waals surface area contributed by atoms with Gasteiger partial charge in [-0.3, -0.25) is 14.2 Å². The summed E-state index contributed by atoms with van der Waals surface area (Å²) in [5.41, 5.74) is 2.17. The van der Waals surface area contributed by atoms with E-state index in [0.29, 0.717) is 27.7 Å². The number of hydrogen-bond acceptors (Lipinski definition) is 3. The Morgan fingerprint density at radius 3 is 2.53 bits per heavy atom. The monoisotopic (exact) mass is 416 g/mol. The molecule has 1 amide bonds. The molecule has 0 fully saturated rings. The molecule has 1 N–H and O–H groups in total. The fourth-order valence-electron chi connectivity index (χ4n) is 3.28. The molecule has 0 atom stereocenters. The van der Waals surface area contributed by atoms with Gasteiger partial charge in [-0.15, -0.1) is 0 Å². The highest BCUT2D eigenvalue weighted by Crippen LogP contribution is 2.06. The fraction of sp³-hybridized carbons (Fsp3) is 0.130. The van der Waals surface area contributed by atoms with Gasteiger partial charge in [0.25, 0.3) is 5.56 Å². The number of nitrogens with one attached hydrogen (secondary N) is 1. The minimum atomic E-state index is -0.308. The molecule has 0 saturated heterocycles. The Morgan fingerprint density at radius 1 is 0.967 bits per heavy atom. The number of aromatic amines is 1. The molecular weight excluding hydrogens is 396 g/mol. The van der Waals surface area contributed by atoms with Crippen molar-refractivity contribution in [1.29, 1.82) is 0 Å². The Hall–Kier alpha value is -3.58. The SMILES string of the molecule is O=C(CCn1c(=S)[nH]c2ccccc2c1=O)N=c1ccccn1Cc1ccccc1. The topological polar surface area (TPSA) is 72.2 Å². The Morgan fingerprint density at radius 2 is 1.70 bits per heavy atom. The van der Waals surface area contributed by atoms with Gasteiger partial charge in [0.2, 0.25) is 5.91 Å². The Labute approximate surface area is 177 Å². The minimum absolute atomic E-state index is 0.0793. The van der Waals surface area contributed by atoms with Crippen molar-refractivity contribution in [2.45, 2.75) is 19.5 Å². The summed E-state index contributed by atoms with van der Waals surface area (Å²) in [6.45, 7) is 0.788. The highest BCUT2D eigenvalue weighted by molar-refractivity contribution is 7.71. The maximum Gasteiger partial charge on any atom is 0.262 e. The molecule has 30 heavy (non-hydrogen) atoms. The quantitative estimate of drug-likeness (QED) is 0.507. The van der Waals surface area contributed by atoms with Crippen LogP contribution in [0.1, 0.15) is 12.0 Å². The molecule has 0 aliphatic carbocycles. The lowest BCUT2D eigenvalue weighted by Crippen LogP contribution is -2.25. The van der Waals surface area contributed by atoms with Crippen molar-refractivity contribution in [3.05, 3.63) is 105 Å². The second-order valence-corrected chi connectivity index (χ2v) is 7.25. The summed E-state index contributed by atoms with van der Waals surface area (Å²) >= 11 is 5.30. The second kappa shape index (κ2) is 8.84. The molecule has 7 heteroatoms. The van der Waals surface area contributed by atoms with Crippen molar-refractivity contribution in [3.63, 3.8) is 0 Å². The maximum absolute atomic E-state index is 12.7. The van der Waals surface area contributed by atoms with Crippen molar-refractivity contribution >= 4 is 29.0 Å². The smallest absolute Gasteiger partial charge is 0.262 e. The predicted octanol–water partition coefficient (Wildman–Crippen LogP) is 3.43. The van der Waals surface area contributed by atoms with Crippen LogP contribution in [0.25, 0.3) is 10.9 Å². The molecule has 0 saturated carbocycles. The van der Waals surface area contributed by atoms with Gasteiger partial charge in [-0.1, -0.05) is 48.5 Å². The molecule has 2 aromatic carbocycles. The first kappa shape index (κ1) is 19.7. The Balaban J connectivity index is 1.56. The molecule has 2 aromatic heterocycles. The molecule has 2 heterocycles. The first-order chi connectivity index (χ1) is 14.6. The van der Waals surface area contributed by atoms with Gasteiger partial charge in [0.05, 0.1) is 10.9 Å². The molecule has 0 aliphatic rings. The number of pyridine rings is 1. The number of hydrogen-bond donors (Lipinski definition) is 1. The zero-order chi connectivity index (χ0) is 20.9. The number of benzene rings is 2. The third-order valence-corrected chi connectivity index (χ3v) is 5.11. The highest BCUT2D eigenvalue weighted by Gasteiger charge is 2.08. The summed E-state index contributed by atoms with van der Waals surface area (Å²) in [5.74, 6) is -0.308. The van der Waals surface area contributed by atoms with E-state index >= 15 is 0 Å². The largest absolute Gasteiger partial charge is 0.332 e. The van der Waals surface area contributed by atoms with Gasteiger partial charge < -0.3 is 9.55 Å². The van der Waals surface area contributed by atoms with Gasteiger partial charge in [-0.05, 0) is 42.0 Å². The van der Waals surface area contributed by atoms with E-state index in [4.69, 9.17) is 12.2 Å². The van der Waals surface area contributed by atoms with Crippen LogP contribution in [0.4, 0.5) is 0 Å². The van der Waals surface area contributed by atoms with Crippen LogP contribution >= 0.6 is 12.2 Å². The lowest BCUT2D eigenvalue weighted by molar-refractivity contribution is -0.118. The third-order valence-electron chi connectivity index (χ3n) is 4.79. The number of carbonyl (C=O) groups is 1. The maximum atomic E-state index is 12.7. The van der Waals surface area contributed by atoms with E-state index in [0.717, 1.165) is 5.56 Å². The van der Waals surface area contributed by atoms with E-state index < -0.39 is 0 Å². The van der Waals surface area contributed by atoms with Crippen LogP contribution in [0.15, 0.2) is 88.8 Å². The number of rotatable bonds is 5. The van der Waals surface area contributed by atoms with Crippen molar-refractivity contribution in [2.75, 3.05) is 0 Å². The first-order valence-electron chi connectivity index (χ1n) is 9.60. The zero-order valence-electron chi connectivity index (χ0n) is 16.2. The van der Waals surface area contributed by atoms with Crippen LogP contribution in [0, 0.1) is 4.77 Å². The van der Waals surface area contributed by atoms with Gasteiger partial charge >= 0.3 is 0 Å². The molecule has 4 rings (SSSR count). The van der Waals surface area contributed by atoms with Crippen LogP contribution < -0.4 is 11.0 Å². The van der Waals surface area contributed by atoms with Gasteiger partial charge in [-0.2, -0.15) is 4.99 Å². The number of para-hydroxylation sites is 1. The lowest BCUT2D eigenvalue weighted by atomic mass is 10.2. The van der Waals surface area contributed by atoms with Gasteiger partial charge in [-0.25, -0.2) is 0 Å². The molecular formula is C23H20N4O2S. The first-order valence-corrected chi connectivity index (χ1v) is 10.0. The molecule has 0 aliphatic heterocycles. The lowest BCUT2D eigenvalue weighted by Gasteiger charge is -2.08. The van der Waals surface area contributed by atoms with Crippen molar-refractivity contribution in [1.82, 2.24) is 14.1 Å². The number of carbonyl (C=O) groups excluding carboxylic acids is 1. The molecule has 0 radical (unpaired) electrons. The van der Waals surface area contributed by atoms with E-state index in [9.17, 15) is 9.59 Å². The van der Waals surface area contributed by atoms with E-state index in [-0.39, 0.29) is 24.4 Å². The summed E-state index contributed by atoms with van der Waals surface area (Å²) in [5, 5.41) is 0.541. The summed E-state index contributed by atoms with van der Waals surface area (Å²) in [6.07, 6.45) is 1.97. The predicted molar refractivity (Wildman–Crippen MR) is 119 cm³/mol. The minimum Gasteiger partial charge on any atom is -0.332 e. The van der Waals surface area contributed by atoms with E-state index in [1.165, 1.54) is 4.57 Å². The van der Waals surface area contributed by atoms with Gasteiger partial charge in [0, 0.05) is 25.7 Å². The Bertz CT molecular complexity index is 1380. The van der Waals surface area contributed by atoms with Crippen LogP contribution in [-0.2, 0) is 17.9 Å². The second-order valence-electron chi connectivity index (χ2n) is 6.86.